The average Bonchev–Trinajstić information content (AvgIpc) is 2.77. The fourth-order valence-corrected chi connectivity index (χ4v) is 3.38. The first-order valence-electron chi connectivity index (χ1n) is 11.2. The lowest BCUT2D eigenvalue weighted by atomic mass is 10.0. The van der Waals surface area contributed by atoms with E-state index in [9.17, 15) is 29.1 Å². The molecule has 0 aromatic rings. The number of aliphatic carboxylic acids is 2. The van der Waals surface area contributed by atoms with Gasteiger partial charge in [0.1, 0.15) is 18.1 Å². The third-order valence-corrected chi connectivity index (χ3v) is 5.75. The Morgan fingerprint density at radius 2 is 1.35 bits per heavy atom. The number of nitrogens with two attached hydrogens (primary N) is 2. The Labute approximate surface area is 204 Å². The number of unbranched alkanes of at least 4 members (excludes halogenated alkanes) is 1. The Hall–Kier alpha value is -2.38. The summed E-state index contributed by atoms with van der Waals surface area (Å²) in [5, 5.41) is 25.8. The van der Waals surface area contributed by atoms with Crippen molar-refractivity contribution in [1.82, 2.24) is 16.0 Å². The van der Waals surface area contributed by atoms with Crippen LogP contribution in [-0.2, 0) is 24.0 Å². The fourth-order valence-electron chi connectivity index (χ4n) is 2.91. The van der Waals surface area contributed by atoms with E-state index in [-0.39, 0.29) is 25.2 Å². The van der Waals surface area contributed by atoms with Crippen molar-refractivity contribution in [2.75, 3.05) is 18.6 Å². The second-order valence-corrected chi connectivity index (χ2v) is 9.28. The van der Waals surface area contributed by atoms with E-state index in [2.05, 4.69) is 16.0 Å². The molecular formula is C21H39N5O7S. The summed E-state index contributed by atoms with van der Waals surface area (Å²) in [5.74, 6) is -4.14. The van der Waals surface area contributed by atoms with Gasteiger partial charge < -0.3 is 37.6 Å². The summed E-state index contributed by atoms with van der Waals surface area (Å²) < 4.78 is 0. The van der Waals surface area contributed by atoms with Crippen LogP contribution in [0.5, 0.6) is 0 Å². The largest absolute Gasteiger partial charge is 0.481 e. The zero-order chi connectivity index (χ0) is 26.3. The quantitative estimate of drug-likeness (QED) is 0.116. The van der Waals surface area contributed by atoms with Crippen LogP contribution >= 0.6 is 11.8 Å². The van der Waals surface area contributed by atoms with Crippen LogP contribution in [-0.4, -0.2) is 82.6 Å². The molecule has 0 spiro atoms. The molecule has 4 atom stereocenters. The number of thioether (sulfide) groups is 1. The van der Waals surface area contributed by atoms with E-state index in [1.165, 1.54) is 11.8 Å². The second-order valence-electron chi connectivity index (χ2n) is 8.29. The van der Waals surface area contributed by atoms with E-state index < -0.39 is 60.2 Å². The highest BCUT2D eigenvalue weighted by atomic mass is 32.2. The van der Waals surface area contributed by atoms with E-state index in [1.807, 2.05) is 0 Å². The van der Waals surface area contributed by atoms with Crippen molar-refractivity contribution in [3.63, 3.8) is 0 Å². The summed E-state index contributed by atoms with van der Waals surface area (Å²) in [7, 11) is 0. The highest BCUT2D eigenvalue weighted by molar-refractivity contribution is 7.98. The standard InChI is InChI=1S/C21H39N5O7S/c1-12(2)17(23)20(31)25-13(6-4-5-10-22)18(29)24-14(7-8-16(27)28)19(30)26-15(21(32)33)9-11-34-3/h12-15,17H,4-11,22-23H2,1-3H3,(H,24,29)(H,25,31)(H,26,30)(H,27,28)(H,32,33). The zero-order valence-electron chi connectivity index (χ0n) is 20.0. The number of nitrogens with one attached hydrogen (secondary N) is 3. The molecule has 34 heavy (non-hydrogen) atoms. The molecule has 12 nitrogen and oxygen atoms in total. The molecular weight excluding hydrogens is 466 g/mol. The molecule has 0 heterocycles. The van der Waals surface area contributed by atoms with E-state index in [0.717, 1.165) is 0 Å². The third-order valence-electron chi connectivity index (χ3n) is 5.11. The Morgan fingerprint density at radius 3 is 1.82 bits per heavy atom. The van der Waals surface area contributed by atoms with Crippen molar-refractivity contribution < 1.29 is 34.2 Å². The molecule has 0 aromatic carbocycles. The Balaban J connectivity index is 5.54. The first-order valence-corrected chi connectivity index (χ1v) is 12.6. The van der Waals surface area contributed by atoms with Gasteiger partial charge in [0, 0.05) is 6.42 Å². The van der Waals surface area contributed by atoms with Gasteiger partial charge in [0.15, 0.2) is 0 Å². The van der Waals surface area contributed by atoms with Gasteiger partial charge in [0.05, 0.1) is 6.04 Å². The maximum Gasteiger partial charge on any atom is 0.326 e. The summed E-state index contributed by atoms with van der Waals surface area (Å²) in [6.07, 6.45) is 2.63. The van der Waals surface area contributed by atoms with Crippen molar-refractivity contribution in [3.8, 4) is 0 Å². The van der Waals surface area contributed by atoms with E-state index in [0.29, 0.717) is 25.1 Å². The monoisotopic (exact) mass is 505 g/mol. The molecule has 0 rings (SSSR count). The lowest BCUT2D eigenvalue weighted by Crippen LogP contribution is -2.57. The summed E-state index contributed by atoms with van der Waals surface area (Å²) in [5.41, 5.74) is 11.4. The number of amides is 3. The average molecular weight is 506 g/mol. The number of carbonyl (C=O) groups excluding carboxylic acids is 3. The molecule has 0 saturated carbocycles. The molecule has 0 saturated heterocycles. The van der Waals surface area contributed by atoms with Gasteiger partial charge in [-0.2, -0.15) is 11.8 Å². The zero-order valence-corrected chi connectivity index (χ0v) is 20.9. The van der Waals surface area contributed by atoms with Gasteiger partial charge in [-0.3, -0.25) is 19.2 Å². The maximum atomic E-state index is 13.0. The van der Waals surface area contributed by atoms with Crippen LogP contribution in [0, 0.1) is 5.92 Å². The topological polar surface area (TPSA) is 214 Å². The van der Waals surface area contributed by atoms with Crippen molar-refractivity contribution in [2.45, 2.75) is 76.5 Å². The van der Waals surface area contributed by atoms with Crippen LogP contribution in [0.4, 0.5) is 0 Å². The number of carboxylic acid groups (broad SMARTS) is 2. The summed E-state index contributed by atoms with van der Waals surface area (Å²) in [4.78, 5) is 60.7. The molecule has 0 aliphatic rings. The van der Waals surface area contributed by atoms with Crippen molar-refractivity contribution in [1.29, 1.82) is 0 Å². The number of rotatable bonds is 18. The third kappa shape index (κ3) is 12.8. The first kappa shape index (κ1) is 31.6. The highest BCUT2D eigenvalue weighted by Crippen LogP contribution is 2.08. The molecule has 0 aliphatic heterocycles. The van der Waals surface area contributed by atoms with Gasteiger partial charge in [-0.05, 0) is 56.6 Å². The second kappa shape index (κ2) is 17.1. The minimum absolute atomic E-state index is 0.159. The molecule has 196 valence electrons. The maximum absolute atomic E-state index is 13.0. The Bertz CT molecular complexity index is 692. The molecule has 0 fully saturated rings. The summed E-state index contributed by atoms with van der Waals surface area (Å²) in [6.45, 7) is 3.91. The van der Waals surface area contributed by atoms with Gasteiger partial charge >= 0.3 is 11.9 Å². The van der Waals surface area contributed by atoms with Crippen LogP contribution in [0.15, 0.2) is 0 Å². The van der Waals surface area contributed by atoms with E-state index >= 15 is 0 Å². The van der Waals surface area contributed by atoms with Crippen LogP contribution < -0.4 is 27.4 Å². The minimum atomic E-state index is -1.30. The lowest BCUT2D eigenvalue weighted by molar-refractivity contribution is -0.143. The van der Waals surface area contributed by atoms with Gasteiger partial charge in [-0.15, -0.1) is 0 Å². The van der Waals surface area contributed by atoms with Crippen LogP contribution in [0.2, 0.25) is 0 Å². The Morgan fingerprint density at radius 1 is 0.824 bits per heavy atom. The van der Waals surface area contributed by atoms with Gasteiger partial charge in [0.25, 0.3) is 0 Å². The molecule has 0 radical (unpaired) electrons. The summed E-state index contributed by atoms with van der Waals surface area (Å²) in [6, 6.07) is -4.35. The number of hydrogen-bond donors (Lipinski definition) is 7. The number of hydrogen-bond acceptors (Lipinski definition) is 8. The van der Waals surface area contributed by atoms with Crippen molar-refractivity contribution in [3.05, 3.63) is 0 Å². The summed E-state index contributed by atoms with van der Waals surface area (Å²) >= 11 is 1.41. The van der Waals surface area contributed by atoms with Gasteiger partial charge in [0.2, 0.25) is 17.7 Å². The fraction of sp³-hybridized carbons (Fsp3) is 0.762. The molecule has 0 aliphatic carbocycles. The minimum Gasteiger partial charge on any atom is -0.481 e. The molecule has 3 amide bonds. The van der Waals surface area contributed by atoms with E-state index in [4.69, 9.17) is 16.6 Å². The predicted molar refractivity (Wildman–Crippen MR) is 129 cm³/mol. The highest BCUT2D eigenvalue weighted by Gasteiger charge is 2.30. The smallest absolute Gasteiger partial charge is 0.326 e. The first-order chi connectivity index (χ1) is 15.9. The van der Waals surface area contributed by atoms with Crippen LogP contribution in [0.3, 0.4) is 0 Å². The Kier molecular flexibility index (Phi) is 15.9. The van der Waals surface area contributed by atoms with Gasteiger partial charge in [-0.25, -0.2) is 4.79 Å². The van der Waals surface area contributed by atoms with E-state index in [1.54, 1.807) is 20.1 Å². The normalized spacial score (nSPS) is 14.5. The molecule has 13 heteroatoms. The van der Waals surface area contributed by atoms with Crippen LogP contribution in [0.1, 0.15) is 52.4 Å². The van der Waals surface area contributed by atoms with Crippen LogP contribution in [0.25, 0.3) is 0 Å². The van der Waals surface area contributed by atoms with Crippen molar-refractivity contribution in [2.24, 2.45) is 17.4 Å². The number of carboxylic acids is 2. The molecule has 9 N–H and O–H groups in total. The number of carbonyl (C=O) groups is 5. The van der Waals surface area contributed by atoms with Gasteiger partial charge in [-0.1, -0.05) is 13.8 Å². The SMILES string of the molecule is CSCCC(NC(=O)C(CCC(=O)O)NC(=O)C(CCCCN)NC(=O)C(N)C(C)C)C(=O)O. The molecule has 0 bridgehead atoms. The van der Waals surface area contributed by atoms with Crippen molar-refractivity contribution >= 4 is 41.4 Å². The molecule has 4 unspecified atom stereocenters. The molecule has 0 aromatic heterocycles. The lowest BCUT2D eigenvalue weighted by Gasteiger charge is -2.25. The predicted octanol–water partition coefficient (Wildman–Crippen LogP) is -0.744.